The third-order valence-corrected chi connectivity index (χ3v) is 7.83. The fourth-order valence-corrected chi connectivity index (χ4v) is 5.03. The van der Waals surface area contributed by atoms with Gasteiger partial charge in [-0.2, -0.15) is 0 Å². The number of hydrogen-bond acceptors (Lipinski definition) is 7. The summed E-state index contributed by atoms with van der Waals surface area (Å²) in [4.78, 5) is 50.6. The van der Waals surface area contributed by atoms with E-state index in [0.29, 0.717) is 12.8 Å². The van der Waals surface area contributed by atoms with E-state index < -0.39 is 24.0 Å². The lowest BCUT2D eigenvalue weighted by Gasteiger charge is -2.32. The summed E-state index contributed by atoms with van der Waals surface area (Å²) < 4.78 is 5.55. The van der Waals surface area contributed by atoms with Crippen molar-refractivity contribution >= 4 is 23.7 Å². The number of ketones is 1. The molecule has 0 aliphatic rings. The molecule has 0 aliphatic carbocycles. The van der Waals surface area contributed by atoms with Crippen molar-refractivity contribution in [2.45, 2.75) is 142 Å². The zero-order chi connectivity index (χ0) is 32.8. The van der Waals surface area contributed by atoms with Crippen LogP contribution in [0.2, 0.25) is 0 Å². The van der Waals surface area contributed by atoms with Gasteiger partial charge in [-0.15, -0.1) is 0 Å². The standard InChI is InChI=1S/C21H33NO3.C13H25NO4/c1-5-7-14-19(17(3)23)22(4)20(15-8-6-2)21(24)25-16-18-12-10-9-11-13-18;1-4-6-8-10(12(15)16)14(3)11(13(17)18)9-7-5-2/h9-13,19-20H,5-8,14-16H2,1-4H3;10-11H,4-9H2,1-3H3,(H,15,16)(H,17,18). The normalized spacial score (nSPS) is 13.9. The summed E-state index contributed by atoms with van der Waals surface area (Å²) in [5.74, 6) is -1.99. The maximum atomic E-state index is 12.7. The molecule has 0 amide bonds. The third-order valence-electron chi connectivity index (χ3n) is 7.83. The smallest absolute Gasteiger partial charge is 0.323 e. The molecule has 0 saturated heterocycles. The molecule has 246 valence electrons. The second-order valence-electron chi connectivity index (χ2n) is 11.3. The Morgan fingerprint density at radius 1 is 0.651 bits per heavy atom. The zero-order valence-electron chi connectivity index (χ0n) is 27.7. The van der Waals surface area contributed by atoms with Crippen LogP contribution < -0.4 is 0 Å². The van der Waals surface area contributed by atoms with Crippen molar-refractivity contribution in [1.82, 2.24) is 9.80 Å². The lowest BCUT2D eigenvalue weighted by Crippen LogP contribution is -2.48. The first-order valence-electron chi connectivity index (χ1n) is 16.1. The molecule has 1 rings (SSSR count). The third kappa shape index (κ3) is 16.0. The van der Waals surface area contributed by atoms with Crippen LogP contribution in [0.5, 0.6) is 0 Å². The molecule has 9 heteroatoms. The van der Waals surface area contributed by atoms with Gasteiger partial charge in [0.05, 0.1) is 6.04 Å². The molecule has 2 N–H and O–H groups in total. The summed E-state index contributed by atoms with van der Waals surface area (Å²) in [6, 6.07) is 7.69. The first-order valence-corrected chi connectivity index (χ1v) is 16.1. The minimum atomic E-state index is -0.936. The molecule has 1 aromatic rings. The predicted octanol–water partition coefficient (Wildman–Crippen LogP) is 6.57. The van der Waals surface area contributed by atoms with Crippen molar-refractivity contribution < 1.29 is 34.1 Å². The first kappa shape index (κ1) is 40.2. The van der Waals surface area contributed by atoms with Crippen molar-refractivity contribution in [2.75, 3.05) is 14.1 Å². The van der Waals surface area contributed by atoms with Gasteiger partial charge in [-0.1, -0.05) is 109 Å². The van der Waals surface area contributed by atoms with E-state index in [1.807, 2.05) is 56.1 Å². The highest BCUT2D eigenvalue weighted by Crippen LogP contribution is 2.18. The van der Waals surface area contributed by atoms with Gasteiger partial charge < -0.3 is 14.9 Å². The van der Waals surface area contributed by atoms with E-state index in [-0.39, 0.29) is 30.4 Å². The minimum absolute atomic E-state index is 0.119. The molecule has 9 nitrogen and oxygen atoms in total. The number of hydrogen-bond donors (Lipinski definition) is 2. The lowest BCUT2D eigenvalue weighted by atomic mass is 10.0. The Bertz CT molecular complexity index is 899. The highest BCUT2D eigenvalue weighted by atomic mass is 16.5. The summed E-state index contributed by atoms with van der Waals surface area (Å²) in [6.07, 6.45) is 9.87. The molecule has 0 heterocycles. The van der Waals surface area contributed by atoms with Gasteiger partial charge in [-0.3, -0.25) is 29.0 Å². The maximum absolute atomic E-state index is 12.7. The first-order chi connectivity index (χ1) is 20.5. The molecule has 0 saturated carbocycles. The van der Waals surface area contributed by atoms with Gasteiger partial charge in [0.15, 0.2) is 0 Å². The maximum Gasteiger partial charge on any atom is 0.323 e. The predicted molar refractivity (Wildman–Crippen MR) is 171 cm³/mol. The molecule has 0 aromatic heterocycles. The highest BCUT2D eigenvalue weighted by Gasteiger charge is 2.32. The van der Waals surface area contributed by atoms with Crippen molar-refractivity contribution in [3.63, 3.8) is 0 Å². The summed E-state index contributed by atoms with van der Waals surface area (Å²) in [7, 11) is 3.48. The van der Waals surface area contributed by atoms with Gasteiger partial charge >= 0.3 is 17.9 Å². The molecule has 0 aliphatic heterocycles. The van der Waals surface area contributed by atoms with Crippen molar-refractivity contribution in [1.29, 1.82) is 0 Å². The van der Waals surface area contributed by atoms with Crippen molar-refractivity contribution in [3.8, 4) is 0 Å². The molecular formula is C34H58N2O7. The van der Waals surface area contributed by atoms with Crippen LogP contribution in [0.25, 0.3) is 0 Å². The Morgan fingerprint density at radius 3 is 1.40 bits per heavy atom. The van der Waals surface area contributed by atoms with Gasteiger partial charge in [0.1, 0.15) is 30.5 Å². The van der Waals surface area contributed by atoms with Gasteiger partial charge in [-0.05, 0) is 52.3 Å². The summed E-state index contributed by atoms with van der Waals surface area (Å²) >= 11 is 0. The Hall–Kier alpha value is -2.78. The number of carboxylic acids is 2. The number of nitrogens with zero attached hydrogens (tertiary/aromatic N) is 2. The van der Waals surface area contributed by atoms with Crippen LogP contribution >= 0.6 is 0 Å². The van der Waals surface area contributed by atoms with Crippen molar-refractivity contribution in [2.24, 2.45) is 0 Å². The van der Waals surface area contributed by atoms with Crippen LogP contribution in [-0.2, 0) is 30.5 Å². The highest BCUT2D eigenvalue weighted by molar-refractivity contribution is 5.83. The number of rotatable bonds is 22. The molecule has 1 aromatic carbocycles. The van der Waals surface area contributed by atoms with Crippen LogP contribution in [0, 0.1) is 0 Å². The van der Waals surface area contributed by atoms with Crippen molar-refractivity contribution in [3.05, 3.63) is 35.9 Å². The van der Waals surface area contributed by atoms with E-state index in [9.17, 15) is 29.4 Å². The van der Waals surface area contributed by atoms with E-state index in [4.69, 9.17) is 4.74 Å². The largest absolute Gasteiger partial charge is 0.480 e. The number of carboxylic acid groups (broad SMARTS) is 2. The molecular weight excluding hydrogens is 548 g/mol. The number of ether oxygens (including phenoxy) is 1. The quantitative estimate of drug-likeness (QED) is 0.141. The Labute approximate surface area is 260 Å². The van der Waals surface area contributed by atoms with Crippen LogP contribution in [0.3, 0.4) is 0 Å². The van der Waals surface area contributed by atoms with E-state index in [0.717, 1.165) is 69.8 Å². The molecule has 4 atom stereocenters. The second-order valence-corrected chi connectivity index (χ2v) is 11.3. The monoisotopic (exact) mass is 606 g/mol. The lowest BCUT2D eigenvalue weighted by molar-refractivity contribution is -0.153. The van der Waals surface area contributed by atoms with Gasteiger partial charge in [-0.25, -0.2) is 0 Å². The summed E-state index contributed by atoms with van der Waals surface area (Å²) in [5, 5.41) is 18.4. The summed E-state index contributed by atoms with van der Waals surface area (Å²) in [5.41, 5.74) is 0.974. The molecule has 0 bridgehead atoms. The second kappa shape index (κ2) is 23.6. The van der Waals surface area contributed by atoms with Crippen LogP contribution in [0.4, 0.5) is 0 Å². The fraction of sp³-hybridized carbons (Fsp3) is 0.706. The minimum Gasteiger partial charge on any atom is -0.480 e. The van der Waals surface area contributed by atoms with E-state index in [2.05, 4.69) is 13.8 Å². The zero-order valence-corrected chi connectivity index (χ0v) is 27.7. The molecule has 0 fully saturated rings. The SMILES string of the molecule is CCCCC(C(=O)O)N(C)C(CCCC)C(=O)O.CCCCC(C(C)=O)N(C)C(CCCC)C(=O)OCc1ccccc1. The topological polar surface area (TPSA) is 124 Å². The molecule has 4 unspecified atom stereocenters. The van der Waals surface area contributed by atoms with Gasteiger partial charge in [0.2, 0.25) is 0 Å². The molecule has 0 spiro atoms. The van der Waals surface area contributed by atoms with Crippen LogP contribution in [-0.4, -0.2) is 82.0 Å². The number of esters is 1. The number of aliphatic carboxylic acids is 2. The number of likely N-dealkylation sites (N-methyl/N-ethyl adjacent to an activating group) is 2. The number of carbonyl (C=O) groups is 4. The molecule has 43 heavy (non-hydrogen) atoms. The number of unbranched alkanes of at least 4 members (excludes halogenated alkanes) is 4. The number of carbonyl (C=O) groups excluding carboxylic acids is 2. The van der Waals surface area contributed by atoms with E-state index in [1.54, 1.807) is 14.0 Å². The van der Waals surface area contributed by atoms with Crippen LogP contribution in [0.1, 0.15) is 117 Å². The van der Waals surface area contributed by atoms with E-state index >= 15 is 0 Å². The summed E-state index contributed by atoms with van der Waals surface area (Å²) in [6.45, 7) is 10.1. The number of Topliss-reactive ketones (excluding diaryl/α,β-unsaturated/α-hetero) is 1. The Morgan fingerprint density at radius 2 is 1.02 bits per heavy atom. The molecule has 0 radical (unpaired) electrons. The van der Waals surface area contributed by atoms with Crippen LogP contribution in [0.15, 0.2) is 30.3 Å². The Balaban J connectivity index is 0.000000869. The average molecular weight is 607 g/mol. The number of benzene rings is 1. The Kier molecular flexibility index (Phi) is 22.1. The fourth-order valence-electron chi connectivity index (χ4n) is 5.03. The van der Waals surface area contributed by atoms with E-state index in [1.165, 1.54) is 4.90 Å². The van der Waals surface area contributed by atoms with Gasteiger partial charge in [0.25, 0.3) is 0 Å². The van der Waals surface area contributed by atoms with Gasteiger partial charge in [0, 0.05) is 0 Å². The average Bonchev–Trinajstić information content (AvgIpc) is 2.97.